The highest BCUT2D eigenvalue weighted by Crippen LogP contribution is 2.16. The summed E-state index contributed by atoms with van der Waals surface area (Å²) in [7, 11) is 0. The molecule has 21 heavy (non-hydrogen) atoms. The SMILES string of the molecule is CCOc1ccc(NC=CC(=S)c2ccc(Br)cc2)cc1. The van der Waals surface area contributed by atoms with Crippen LogP contribution in [0.3, 0.4) is 0 Å². The third-order valence-corrected chi connectivity index (χ3v) is 3.68. The monoisotopic (exact) mass is 361 g/mol. The molecule has 2 nitrogen and oxygen atoms in total. The molecule has 2 aromatic rings. The second-order valence-corrected chi connectivity index (χ2v) is 5.66. The van der Waals surface area contributed by atoms with Crippen LogP contribution >= 0.6 is 28.1 Å². The fourth-order valence-corrected chi connectivity index (χ4v) is 2.21. The summed E-state index contributed by atoms with van der Waals surface area (Å²) in [5.74, 6) is 0.873. The summed E-state index contributed by atoms with van der Waals surface area (Å²) in [4.78, 5) is 0.793. The number of hydrogen-bond acceptors (Lipinski definition) is 3. The molecule has 0 radical (unpaired) electrons. The molecule has 0 spiro atoms. The van der Waals surface area contributed by atoms with Gasteiger partial charge in [-0.15, -0.1) is 0 Å². The van der Waals surface area contributed by atoms with Gasteiger partial charge >= 0.3 is 0 Å². The zero-order valence-corrected chi connectivity index (χ0v) is 14.1. The standard InChI is InChI=1S/C17H16BrNOS/c1-2-20-16-9-7-15(8-10-16)19-12-11-17(21)13-3-5-14(18)6-4-13/h3-12,19H,2H2,1H3. The van der Waals surface area contributed by atoms with Crippen molar-refractivity contribution in [2.24, 2.45) is 0 Å². The molecule has 2 rings (SSSR count). The number of nitrogens with one attached hydrogen (secondary N) is 1. The van der Waals surface area contributed by atoms with Crippen molar-refractivity contribution in [3.8, 4) is 5.75 Å². The van der Waals surface area contributed by atoms with Gasteiger partial charge in [0.15, 0.2) is 0 Å². The van der Waals surface area contributed by atoms with Gasteiger partial charge in [-0.25, -0.2) is 0 Å². The number of ether oxygens (including phenoxy) is 1. The van der Waals surface area contributed by atoms with Crippen molar-refractivity contribution >= 4 is 38.7 Å². The molecule has 0 amide bonds. The molecule has 0 fully saturated rings. The largest absolute Gasteiger partial charge is 0.494 e. The first kappa shape index (κ1) is 15.7. The number of anilines is 1. The average molecular weight is 362 g/mol. The minimum Gasteiger partial charge on any atom is -0.494 e. The Morgan fingerprint density at radius 3 is 2.43 bits per heavy atom. The van der Waals surface area contributed by atoms with Gasteiger partial charge in [0, 0.05) is 21.2 Å². The maximum atomic E-state index is 5.40. The molecule has 0 saturated carbocycles. The van der Waals surface area contributed by atoms with Gasteiger partial charge in [-0.3, -0.25) is 0 Å². The summed E-state index contributed by atoms with van der Waals surface area (Å²) < 4.78 is 6.45. The first-order valence-corrected chi connectivity index (χ1v) is 7.85. The van der Waals surface area contributed by atoms with Crippen LogP contribution in [0.15, 0.2) is 65.3 Å². The third kappa shape index (κ3) is 4.99. The normalized spacial score (nSPS) is 10.6. The van der Waals surface area contributed by atoms with Crippen LogP contribution in [0.5, 0.6) is 5.75 Å². The Labute approximate surface area is 139 Å². The van der Waals surface area contributed by atoms with E-state index < -0.39 is 0 Å². The summed E-state index contributed by atoms with van der Waals surface area (Å²) in [5, 5.41) is 3.19. The number of allylic oxidation sites excluding steroid dienone is 1. The van der Waals surface area contributed by atoms with Crippen LogP contribution < -0.4 is 10.1 Å². The molecule has 0 saturated heterocycles. The van der Waals surface area contributed by atoms with Crippen LogP contribution in [-0.4, -0.2) is 11.5 Å². The van der Waals surface area contributed by atoms with Crippen LogP contribution in [0.25, 0.3) is 0 Å². The van der Waals surface area contributed by atoms with Gasteiger partial charge in [0.2, 0.25) is 0 Å². The van der Waals surface area contributed by atoms with E-state index in [-0.39, 0.29) is 0 Å². The molecule has 0 atom stereocenters. The molecule has 4 heteroatoms. The summed E-state index contributed by atoms with van der Waals surface area (Å²) in [5.41, 5.74) is 2.02. The van der Waals surface area contributed by atoms with Crippen molar-refractivity contribution in [1.82, 2.24) is 0 Å². The van der Waals surface area contributed by atoms with E-state index in [9.17, 15) is 0 Å². The molecule has 108 valence electrons. The molecular weight excluding hydrogens is 346 g/mol. The second-order valence-electron chi connectivity index (χ2n) is 4.31. The van der Waals surface area contributed by atoms with Gasteiger partial charge in [-0.1, -0.05) is 40.3 Å². The fourth-order valence-electron chi connectivity index (χ4n) is 1.74. The molecule has 0 bridgehead atoms. The van der Waals surface area contributed by atoms with Crippen LogP contribution in [0.1, 0.15) is 12.5 Å². The van der Waals surface area contributed by atoms with E-state index in [0.717, 1.165) is 26.3 Å². The van der Waals surface area contributed by atoms with Gasteiger partial charge in [0.05, 0.1) is 6.61 Å². The van der Waals surface area contributed by atoms with Gasteiger partial charge < -0.3 is 10.1 Å². The minimum atomic E-state index is 0.675. The van der Waals surface area contributed by atoms with E-state index in [1.165, 1.54) is 0 Å². The lowest BCUT2D eigenvalue weighted by Crippen LogP contribution is -1.95. The summed E-state index contributed by atoms with van der Waals surface area (Å²) in [6, 6.07) is 15.8. The lowest BCUT2D eigenvalue weighted by Gasteiger charge is -2.05. The van der Waals surface area contributed by atoms with Crippen molar-refractivity contribution < 1.29 is 4.74 Å². The molecule has 0 aliphatic carbocycles. The van der Waals surface area contributed by atoms with Gasteiger partial charge in [-0.2, -0.15) is 0 Å². The lowest BCUT2D eigenvalue weighted by molar-refractivity contribution is 0.340. The van der Waals surface area contributed by atoms with Crippen LogP contribution in [-0.2, 0) is 0 Å². The van der Waals surface area contributed by atoms with Crippen molar-refractivity contribution in [3.05, 3.63) is 70.8 Å². The van der Waals surface area contributed by atoms with E-state index in [0.29, 0.717) is 6.61 Å². The Bertz CT molecular complexity index is 620. The van der Waals surface area contributed by atoms with Crippen molar-refractivity contribution in [2.45, 2.75) is 6.92 Å². The maximum Gasteiger partial charge on any atom is 0.119 e. The summed E-state index contributed by atoms with van der Waals surface area (Å²) in [6.45, 7) is 2.64. The lowest BCUT2D eigenvalue weighted by atomic mass is 10.1. The third-order valence-electron chi connectivity index (χ3n) is 2.78. The summed E-state index contributed by atoms with van der Waals surface area (Å²) >= 11 is 8.78. The first-order chi connectivity index (χ1) is 10.2. The molecule has 1 N–H and O–H groups in total. The molecule has 2 aromatic carbocycles. The number of thiocarbonyl (C=S) groups is 1. The zero-order valence-electron chi connectivity index (χ0n) is 11.7. The zero-order chi connectivity index (χ0) is 15.1. The van der Waals surface area contributed by atoms with E-state index in [2.05, 4.69) is 21.2 Å². The Morgan fingerprint density at radius 1 is 1.14 bits per heavy atom. The maximum absolute atomic E-state index is 5.40. The quantitative estimate of drug-likeness (QED) is 0.434. The van der Waals surface area contributed by atoms with Crippen LogP contribution in [0.2, 0.25) is 0 Å². The van der Waals surface area contributed by atoms with E-state index in [1.54, 1.807) is 0 Å². The Balaban J connectivity index is 1.92. The molecule has 0 heterocycles. The van der Waals surface area contributed by atoms with E-state index in [4.69, 9.17) is 17.0 Å². The fraction of sp³-hybridized carbons (Fsp3) is 0.118. The Kier molecular flexibility index (Phi) is 5.96. The van der Waals surface area contributed by atoms with Gasteiger partial charge in [-0.05, 0) is 55.0 Å². The topological polar surface area (TPSA) is 21.3 Å². The first-order valence-electron chi connectivity index (χ1n) is 6.65. The predicted molar refractivity (Wildman–Crippen MR) is 96.2 cm³/mol. The smallest absolute Gasteiger partial charge is 0.119 e. The van der Waals surface area contributed by atoms with Crippen molar-refractivity contribution in [2.75, 3.05) is 11.9 Å². The number of hydrogen-bond donors (Lipinski definition) is 1. The molecular formula is C17H16BrNOS. The predicted octanol–water partition coefficient (Wildman–Crippen LogP) is 5.19. The highest BCUT2D eigenvalue weighted by molar-refractivity contribution is 9.10. The van der Waals surface area contributed by atoms with Crippen LogP contribution in [0, 0.1) is 0 Å². The Morgan fingerprint density at radius 2 is 1.81 bits per heavy atom. The summed E-state index contributed by atoms with van der Waals surface area (Å²) in [6.07, 6.45) is 3.73. The van der Waals surface area contributed by atoms with Gasteiger partial charge in [0.25, 0.3) is 0 Å². The molecule has 0 aromatic heterocycles. The van der Waals surface area contributed by atoms with Gasteiger partial charge in [0.1, 0.15) is 5.75 Å². The second kappa shape index (κ2) is 7.96. The average Bonchev–Trinajstić information content (AvgIpc) is 2.50. The van der Waals surface area contributed by atoms with E-state index in [1.807, 2.05) is 67.7 Å². The molecule has 0 aliphatic rings. The van der Waals surface area contributed by atoms with Crippen LogP contribution in [0.4, 0.5) is 5.69 Å². The number of rotatable bonds is 6. The molecule has 0 unspecified atom stereocenters. The number of benzene rings is 2. The minimum absolute atomic E-state index is 0.675. The van der Waals surface area contributed by atoms with Crippen molar-refractivity contribution in [1.29, 1.82) is 0 Å². The van der Waals surface area contributed by atoms with E-state index >= 15 is 0 Å². The highest BCUT2D eigenvalue weighted by atomic mass is 79.9. The Hall–Kier alpha value is -1.65. The van der Waals surface area contributed by atoms with Crippen molar-refractivity contribution in [3.63, 3.8) is 0 Å². The highest BCUT2D eigenvalue weighted by Gasteiger charge is 1.97. The molecule has 0 aliphatic heterocycles. The number of halogens is 1.